The van der Waals surface area contributed by atoms with E-state index in [1.54, 1.807) is 0 Å². The second-order valence-electron chi connectivity index (χ2n) is 4.62. The van der Waals surface area contributed by atoms with Crippen molar-refractivity contribution in [3.05, 3.63) is 0 Å². The normalized spacial score (nSPS) is 35.8. The van der Waals surface area contributed by atoms with E-state index in [9.17, 15) is 18.3 Å². The van der Waals surface area contributed by atoms with Gasteiger partial charge in [0.1, 0.15) is 0 Å². The molecule has 0 aromatic rings. The maximum absolute atomic E-state index is 12.3. The van der Waals surface area contributed by atoms with Gasteiger partial charge in [-0.3, -0.25) is 4.79 Å². The molecule has 2 unspecified atom stereocenters. The molecular formula is C10H16O5S. The monoisotopic (exact) mass is 248 g/mol. The predicted octanol–water partition coefficient (Wildman–Crippen LogP) is 0.791. The highest BCUT2D eigenvalue weighted by Crippen LogP contribution is 2.60. The second kappa shape index (κ2) is 3.20. The van der Waals surface area contributed by atoms with Crippen LogP contribution < -0.4 is 0 Å². The third kappa shape index (κ3) is 1.14. The fourth-order valence-corrected chi connectivity index (χ4v) is 5.28. The first kappa shape index (κ1) is 11.9. The molecule has 92 valence electrons. The lowest BCUT2D eigenvalue weighted by Gasteiger charge is -2.20. The fraction of sp³-hybridized carbons (Fsp3) is 0.900. The Morgan fingerprint density at radius 1 is 1.50 bits per heavy atom. The van der Waals surface area contributed by atoms with E-state index in [0.29, 0.717) is 19.3 Å². The van der Waals surface area contributed by atoms with E-state index in [0.717, 1.165) is 0 Å². The third-order valence-corrected chi connectivity index (χ3v) is 7.09. The Labute approximate surface area is 94.7 Å². The van der Waals surface area contributed by atoms with Gasteiger partial charge in [0, 0.05) is 7.11 Å². The van der Waals surface area contributed by atoms with Crippen molar-refractivity contribution in [2.75, 3.05) is 7.11 Å². The van der Waals surface area contributed by atoms with Gasteiger partial charge in [-0.1, -0.05) is 13.3 Å². The summed E-state index contributed by atoms with van der Waals surface area (Å²) in [7, 11) is -2.41. The molecule has 2 fully saturated rings. The average Bonchev–Trinajstić information content (AvgIpc) is 3.11. The van der Waals surface area contributed by atoms with Gasteiger partial charge in [0.2, 0.25) is 0 Å². The summed E-state index contributed by atoms with van der Waals surface area (Å²) in [6.45, 7) is 1.82. The molecule has 0 aromatic heterocycles. The number of carbonyl (C=O) groups is 1. The molecule has 0 radical (unpaired) electrons. The standard InChI is InChI=1S/C10H16O5S/c1-3-7-6-10(7,8(11)12)16(13,14)9(15-2)4-5-9/h7H,3-6H2,1-2H3,(H,11,12). The Kier molecular flexibility index (Phi) is 2.37. The number of rotatable bonds is 5. The van der Waals surface area contributed by atoms with Crippen LogP contribution in [0.5, 0.6) is 0 Å². The first-order chi connectivity index (χ1) is 7.38. The van der Waals surface area contributed by atoms with Gasteiger partial charge in [0.05, 0.1) is 0 Å². The van der Waals surface area contributed by atoms with Gasteiger partial charge in [0.15, 0.2) is 19.5 Å². The van der Waals surface area contributed by atoms with Crippen molar-refractivity contribution in [1.82, 2.24) is 0 Å². The highest BCUT2D eigenvalue weighted by molar-refractivity contribution is 7.95. The van der Waals surface area contributed by atoms with Crippen molar-refractivity contribution in [1.29, 1.82) is 0 Å². The summed E-state index contributed by atoms with van der Waals surface area (Å²) < 4.78 is 28.1. The summed E-state index contributed by atoms with van der Waals surface area (Å²) in [6, 6.07) is 0. The zero-order valence-corrected chi connectivity index (χ0v) is 10.2. The topological polar surface area (TPSA) is 80.7 Å². The highest BCUT2D eigenvalue weighted by Gasteiger charge is 2.76. The minimum Gasteiger partial charge on any atom is -0.480 e. The van der Waals surface area contributed by atoms with Gasteiger partial charge in [0.25, 0.3) is 0 Å². The summed E-state index contributed by atoms with van der Waals surface area (Å²) in [4.78, 5) is 10.0. The zero-order chi connectivity index (χ0) is 12.2. The van der Waals surface area contributed by atoms with Crippen molar-refractivity contribution in [2.24, 2.45) is 5.92 Å². The smallest absolute Gasteiger partial charge is 0.325 e. The first-order valence-corrected chi connectivity index (χ1v) is 6.89. The van der Waals surface area contributed by atoms with Crippen LogP contribution in [0.1, 0.15) is 32.6 Å². The highest BCUT2D eigenvalue weighted by atomic mass is 32.2. The maximum atomic E-state index is 12.3. The Bertz CT molecular complexity index is 422. The molecule has 2 aliphatic carbocycles. The molecule has 1 N–H and O–H groups in total. The summed E-state index contributed by atoms with van der Waals surface area (Å²) in [6.07, 6.45) is 1.63. The number of aliphatic carboxylic acids is 1. The van der Waals surface area contributed by atoms with Crippen molar-refractivity contribution in [3.8, 4) is 0 Å². The van der Waals surface area contributed by atoms with E-state index in [-0.39, 0.29) is 12.3 Å². The first-order valence-electron chi connectivity index (χ1n) is 5.40. The van der Waals surface area contributed by atoms with Crippen LogP contribution in [0.25, 0.3) is 0 Å². The van der Waals surface area contributed by atoms with E-state index in [4.69, 9.17) is 4.74 Å². The third-order valence-electron chi connectivity index (χ3n) is 3.90. The molecule has 5 nitrogen and oxygen atoms in total. The molecule has 0 bridgehead atoms. The van der Waals surface area contributed by atoms with Crippen molar-refractivity contribution >= 4 is 15.8 Å². The van der Waals surface area contributed by atoms with Gasteiger partial charge in [-0.15, -0.1) is 0 Å². The molecule has 0 amide bonds. The quantitative estimate of drug-likeness (QED) is 0.778. The van der Waals surface area contributed by atoms with Crippen LogP contribution in [-0.2, 0) is 19.4 Å². The Morgan fingerprint density at radius 2 is 2.06 bits per heavy atom. The minimum absolute atomic E-state index is 0.228. The minimum atomic E-state index is -3.75. The Hall–Kier alpha value is -0.620. The Balaban J connectivity index is 2.41. The number of carboxylic acids is 1. The van der Waals surface area contributed by atoms with E-state index in [1.165, 1.54) is 7.11 Å². The van der Waals surface area contributed by atoms with Crippen LogP contribution in [-0.4, -0.2) is 36.3 Å². The zero-order valence-electron chi connectivity index (χ0n) is 9.39. The van der Waals surface area contributed by atoms with Gasteiger partial charge in [-0.05, 0) is 25.2 Å². The number of hydrogen-bond donors (Lipinski definition) is 1. The summed E-state index contributed by atoms with van der Waals surface area (Å²) in [5.74, 6) is -1.48. The molecule has 2 atom stereocenters. The predicted molar refractivity (Wildman–Crippen MR) is 56.7 cm³/mol. The van der Waals surface area contributed by atoms with Crippen molar-refractivity contribution in [2.45, 2.75) is 42.3 Å². The molecular weight excluding hydrogens is 232 g/mol. The summed E-state index contributed by atoms with van der Waals surface area (Å²) in [5, 5.41) is 9.19. The number of ether oxygens (including phenoxy) is 1. The molecule has 2 rings (SSSR count). The molecule has 0 aromatic carbocycles. The van der Waals surface area contributed by atoms with Gasteiger partial charge < -0.3 is 9.84 Å². The van der Waals surface area contributed by atoms with Crippen LogP contribution in [0, 0.1) is 5.92 Å². The molecule has 0 saturated heterocycles. The van der Waals surface area contributed by atoms with Crippen molar-refractivity contribution < 1.29 is 23.1 Å². The van der Waals surface area contributed by atoms with Crippen LogP contribution in [0.4, 0.5) is 0 Å². The second-order valence-corrected chi connectivity index (χ2v) is 7.10. The van der Waals surface area contributed by atoms with E-state index >= 15 is 0 Å². The van der Waals surface area contributed by atoms with Crippen LogP contribution in [0.3, 0.4) is 0 Å². The maximum Gasteiger partial charge on any atom is 0.325 e. The largest absolute Gasteiger partial charge is 0.480 e. The summed E-state index contributed by atoms with van der Waals surface area (Å²) in [5.41, 5.74) is 0. The van der Waals surface area contributed by atoms with Crippen molar-refractivity contribution in [3.63, 3.8) is 0 Å². The van der Waals surface area contributed by atoms with E-state index in [1.807, 2.05) is 6.92 Å². The Morgan fingerprint density at radius 3 is 2.31 bits per heavy atom. The number of carboxylic acid groups (broad SMARTS) is 1. The van der Waals surface area contributed by atoms with Gasteiger partial charge >= 0.3 is 5.97 Å². The molecule has 2 aliphatic rings. The lowest BCUT2D eigenvalue weighted by molar-refractivity contribution is -0.137. The molecule has 0 spiro atoms. The molecule has 2 saturated carbocycles. The fourth-order valence-electron chi connectivity index (χ4n) is 2.50. The number of methoxy groups -OCH3 is 1. The van der Waals surface area contributed by atoms with E-state index in [2.05, 4.69) is 0 Å². The SMILES string of the molecule is CCC1CC1(C(=O)O)S(=O)(=O)C1(OC)CC1. The summed E-state index contributed by atoms with van der Waals surface area (Å²) >= 11 is 0. The van der Waals surface area contributed by atoms with Gasteiger partial charge in [-0.25, -0.2) is 8.42 Å². The molecule has 0 heterocycles. The van der Waals surface area contributed by atoms with Crippen LogP contribution in [0.15, 0.2) is 0 Å². The molecule has 6 heteroatoms. The number of sulfone groups is 1. The lowest BCUT2D eigenvalue weighted by Crippen LogP contribution is -2.43. The van der Waals surface area contributed by atoms with Crippen LogP contribution in [0.2, 0.25) is 0 Å². The van der Waals surface area contributed by atoms with E-state index < -0.39 is 25.5 Å². The molecule has 16 heavy (non-hydrogen) atoms. The average molecular weight is 248 g/mol. The lowest BCUT2D eigenvalue weighted by atomic mass is 10.2. The molecule has 0 aliphatic heterocycles. The van der Waals surface area contributed by atoms with Crippen LogP contribution >= 0.6 is 0 Å². The van der Waals surface area contributed by atoms with Gasteiger partial charge in [-0.2, -0.15) is 0 Å². The number of hydrogen-bond acceptors (Lipinski definition) is 4.